The molecule has 0 aliphatic heterocycles. The molecule has 0 amide bonds. The third-order valence-electron chi connectivity index (χ3n) is 2.74. The Labute approximate surface area is 114 Å². The SMILES string of the molecule is COc1cccc(-c2noc(-c3ncccc3O)n2)c1. The number of hydrogen-bond acceptors (Lipinski definition) is 6. The van der Waals surface area contributed by atoms with Gasteiger partial charge in [0, 0.05) is 11.8 Å². The van der Waals surface area contributed by atoms with Crippen LogP contribution < -0.4 is 4.74 Å². The number of aromatic nitrogens is 3. The first-order valence-electron chi connectivity index (χ1n) is 5.90. The second kappa shape index (κ2) is 5.00. The maximum Gasteiger partial charge on any atom is 0.280 e. The highest BCUT2D eigenvalue weighted by Crippen LogP contribution is 2.27. The molecule has 0 aliphatic carbocycles. The van der Waals surface area contributed by atoms with Crippen molar-refractivity contribution in [2.75, 3.05) is 7.11 Å². The lowest BCUT2D eigenvalue weighted by atomic mass is 10.2. The molecule has 0 spiro atoms. The predicted octanol–water partition coefficient (Wildman–Crippen LogP) is 2.51. The Hall–Kier alpha value is -2.89. The van der Waals surface area contributed by atoms with E-state index in [9.17, 15) is 5.11 Å². The summed E-state index contributed by atoms with van der Waals surface area (Å²) >= 11 is 0. The van der Waals surface area contributed by atoms with Gasteiger partial charge in [-0.2, -0.15) is 4.98 Å². The Balaban J connectivity index is 2.00. The zero-order chi connectivity index (χ0) is 13.9. The van der Waals surface area contributed by atoms with Gasteiger partial charge in [-0.05, 0) is 24.3 Å². The molecule has 2 aromatic heterocycles. The molecule has 0 saturated carbocycles. The molecule has 1 N–H and O–H groups in total. The number of rotatable bonds is 3. The van der Waals surface area contributed by atoms with E-state index in [2.05, 4.69) is 15.1 Å². The fourth-order valence-electron chi connectivity index (χ4n) is 1.76. The molecule has 0 aliphatic rings. The number of nitrogens with zero attached hydrogens (tertiary/aromatic N) is 3. The highest BCUT2D eigenvalue weighted by molar-refractivity contribution is 5.62. The first kappa shape index (κ1) is 12.2. The summed E-state index contributed by atoms with van der Waals surface area (Å²) < 4.78 is 10.3. The minimum Gasteiger partial charge on any atom is -0.505 e. The Morgan fingerprint density at radius 3 is 2.90 bits per heavy atom. The van der Waals surface area contributed by atoms with E-state index in [-0.39, 0.29) is 17.3 Å². The van der Waals surface area contributed by atoms with Crippen molar-refractivity contribution in [2.45, 2.75) is 0 Å². The van der Waals surface area contributed by atoms with Gasteiger partial charge >= 0.3 is 0 Å². The molecule has 0 atom stereocenters. The summed E-state index contributed by atoms with van der Waals surface area (Å²) in [6.07, 6.45) is 1.55. The minimum atomic E-state index is -0.00616. The second-order valence-electron chi connectivity index (χ2n) is 4.03. The lowest BCUT2D eigenvalue weighted by Crippen LogP contribution is -1.86. The van der Waals surface area contributed by atoms with E-state index in [0.717, 1.165) is 5.56 Å². The monoisotopic (exact) mass is 269 g/mol. The molecule has 20 heavy (non-hydrogen) atoms. The van der Waals surface area contributed by atoms with E-state index < -0.39 is 0 Å². The van der Waals surface area contributed by atoms with Crippen molar-refractivity contribution in [1.82, 2.24) is 15.1 Å². The number of pyridine rings is 1. The number of hydrogen-bond donors (Lipinski definition) is 1. The summed E-state index contributed by atoms with van der Waals surface area (Å²) in [6.45, 7) is 0. The number of benzene rings is 1. The topological polar surface area (TPSA) is 81.3 Å². The first-order valence-corrected chi connectivity index (χ1v) is 5.90. The molecule has 6 heteroatoms. The van der Waals surface area contributed by atoms with Crippen LogP contribution in [0.25, 0.3) is 23.0 Å². The quantitative estimate of drug-likeness (QED) is 0.786. The summed E-state index contributed by atoms with van der Waals surface area (Å²) in [5.74, 6) is 1.27. The molecule has 2 heterocycles. The Bertz CT molecular complexity index is 740. The van der Waals surface area contributed by atoms with E-state index in [1.807, 2.05) is 18.2 Å². The van der Waals surface area contributed by atoms with Crippen molar-refractivity contribution in [3.8, 4) is 34.5 Å². The number of ether oxygens (including phenoxy) is 1. The molecular formula is C14H11N3O3. The van der Waals surface area contributed by atoms with Gasteiger partial charge < -0.3 is 14.4 Å². The van der Waals surface area contributed by atoms with Crippen molar-refractivity contribution in [2.24, 2.45) is 0 Å². The van der Waals surface area contributed by atoms with Crippen LogP contribution in [0.4, 0.5) is 0 Å². The molecule has 100 valence electrons. The summed E-state index contributed by atoms with van der Waals surface area (Å²) in [5, 5.41) is 13.6. The fourth-order valence-corrected chi connectivity index (χ4v) is 1.76. The van der Waals surface area contributed by atoms with Crippen molar-refractivity contribution in [1.29, 1.82) is 0 Å². The van der Waals surface area contributed by atoms with Gasteiger partial charge in [-0.15, -0.1) is 0 Å². The molecule has 3 aromatic rings. The van der Waals surface area contributed by atoms with Crippen LogP contribution in [-0.4, -0.2) is 27.3 Å². The summed E-state index contributed by atoms with van der Waals surface area (Å²) in [4.78, 5) is 8.25. The molecule has 1 aromatic carbocycles. The van der Waals surface area contributed by atoms with Gasteiger partial charge in [0.25, 0.3) is 5.89 Å². The number of methoxy groups -OCH3 is 1. The molecule has 0 fully saturated rings. The normalized spacial score (nSPS) is 10.4. The third-order valence-corrected chi connectivity index (χ3v) is 2.74. The Morgan fingerprint density at radius 1 is 1.20 bits per heavy atom. The van der Waals surface area contributed by atoms with Crippen LogP contribution in [-0.2, 0) is 0 Å². The molecule has 3 rings (SSSR count). The Morgan fingerprint density at radius 2 is 2.10 bits per heavy atom. The smallest absolute Gasteiger partial charge is 0.280 e. The van der Waals surface area contributed by atoms with Crippen LogP contribution in [0.5, 0.6) is 11.5 Å². The van der Waals surface area contributed by atoms with Crippen molar-refractivity contribution in [3.63, 3.8) is 0 Å². The van der Waals surface area contributed by atoms with Crippen LogP contribution in [0, 0.1) is 0 Å². The van der Waals surface area contributed by atoms with Crippen LogP contribution in [0.15, 0.2) is 47.1 Å². The third kappa shape index (κ3) is 2.18. The maximum absolute atomic E-state index is 9.72. The van der Waals surface area contributed by atoms with Crippen molar-refractivity contribution < 1.29 is 14.4 Å². The molecular weight excluding hydrogens is 258 g/mol. The largest absolute Gasteiger partial charge is 0.505 e. The maximum atomic E-state index is 9.72. The zero-order valence-electron chi connectivity index (χ0n) is 10.6. The highest BCUT2D eigenvalue weighted by Gasteiger charge is 2.15. The standard InChI is InChI=1S/C14H11N3O3/c1-19-10-5-2-4-9(8-10)13-16-14(20-17-13)12-11(18)6-3-7-15-12/h2-8,18H,1H3. The Kier molecular flexibility index (Phi) is 3.04. The van der Waals surface area contributed by atoms with Gasteiger partial charge in [0.1, 0.15) is 11.5 Å². The zero-order valence-corrected chi connectivity index (χ0v) is 10.6. The molecule has 6 nitrogen and oxygen atoms in total. The lowest BCUT2D eigenvalue weighted by Gasteiger charge is -1.99. The average molecular weight is 269 g/mol. The van der Waals surface area contributed by atoms with Gasteiger partial charge in [0.05, 0.1) is 7.11 Å². The van der Waals surface area contributed by atoms with Gasteiger partial charge in [-0.25, -0.2) is 4.98 Å². The van der Waals surface area contributed by atoms with Gasteiger partial charge in [0.15, 0.2) is 5.69 Å². The van der Waals surface area contributed by atoms with Crippen LogP contribution in [0.2, 0.25) is 0 Å². The second-order valence-corrected chi connectivity index (χ2v) is 4.03. The average Bonchev–Trinajstić information content (AvgIpc) is 2.97. The van der Waals surface area contributed by atoms with Crippen LogP contribution in [0.1, 0.15) is 0 Å². The lowest BCUT2D eigenvalue weighted by molar-refractivity contribution is 0.414. The van der Waals surface area contributed by atoms with E-state index in [4.69, 9.17) is 9.26 Å². The van der Waals surface area contributed by atoms with Gasteiger partial charge in [-0.1, -0.05) is 17.3 Å². The van der Waals surface area contributed by atoms with Crippen LogP contribution >= 0.6 is 0 Å². The van der Waals surface area contributed by atoms with Gasteiger partial charge in [0.2, 0.25) is 5.82 Å². The van der Waals surface area contributed by atoms with E-state index >= 15 is 0 Å². The summed E-state index contributed by atoms with van der Waals surface area (Å²) in [5.41, 5.74) is 1.02. The predicted molar refractivity (Wildman–Crippen MR) is 71.2 cm³/mol. The van der Waals surface area contributed by atoms with Crippen LogP contribution in [0.3, 0.4) is 0 Å². The van der Waals surface area contributed by atoms with E-state index in [1.54, 1.807) is 25.4 Å². The van der Waals surface area contributed by atoms with E-state index in [1.165, 1.54) is 6.07 Å². The highest BCUT2D eigenvalue weighted by atomic mass is 16.5. The summed E-state index contributed by atoms with van der Waals surface area (Å²) in [7, 11) is 1.59. The molecule has 0 saturated heterocycles. The number of aromatic hydroxyl groups is 1. The molecule has 0 radical (unpaired) electrons. The molecule has 0 bridgehead atoms. The minimum absolute atomic E-state index is 0.00616. The molecule has 0 unspecified atom stereocenters. The summed E-state index contributed by atoms with van der Waals surface area (Å²) in [6, 6.07) is 10.4. The van der Waals surface area contributed by atoms with Crippen molar-refractivity contribution in [3.05, 3.63) is 42.6 Å². The fraction of sp³-hybridized carbons (Fsp3) is 0.0714. The van der Waals surface area contributed by atoms with Crippen molar-refractivity contribution >= 4 is 0 Å². The van der Waals surface area contributed by atoms with Gasteiger partial charge in [-0.3, -0.25) is 0 Å². The first-order chi connectivity index (χ1) is 9.78. The van der Waals surface area contributed by atoms with E-state index in [0.29, 0.717) is 11.6 Å².